The van der Waals surface area contributed by atoms with Gasteiger partial charge in [-0.05, 0) is 38.0 Å². The maximum absolute atomic E-state index is 11.4. The van der Waals surface area contributed by atoms with Crippen molar-refractivity contribution in [3.63, 3.8) is 0 Å². The van der Waals surface area contributed by atoms with Crippen LogP contribution in [0.2, 0.25) is 0 Å². The predicted octanol–water partition coefficient (Wildman–Crippen LogP) is 1.19. The summed E-state index contributed by atoms with van der Waals surface area (Å²) in [5, 5.41) is 18.4. The van der Waals surface area contributed by atoms with Crippen LogP contribution in [0.25, 0.3) is 0 Å². The molecule has 1 saturated carbocycles. The van der Waals surface area contributed by atoms with Gasteiger partial charge < -0.3 is 14.9 Å². The summed E-state index contributed by atoms with van der Waals surface area (Å²) in [6.45, 7) is 2.11. The fourth-order valence-electron chi connectivity index (χ4n) is 2.53. The van der Waals surface area contributed by atoms with Crippen molar-refractivity contribution in [2.24, 2.45) is 11.8 Å². The Kier molecular flexibility index (Phi) is 5.41. The molecule has 0 aliphatic heterocycles. The lowest BCUT2D eigenvalue weighted by atomic mass is 9.88. The van der Waals surface area contributed by atoms with Crippen molar-refractivity contribution < 1.29 is 24.5 Å². The molecule has 0 spiro atoms. The first-order chi connectivity index (χ1) is 8.04. The maximum atomic E-state index is 11.4. The monoisotopic (exact) mass is 244 g/mol. The maximum Gasteiger partial charge on any atom is 0.306 e. The van der Waals surface area contributed by atoms with Gasteiger partial charge in [0.2, 0.25) is 0 Å². The summed E-state index contributed by atoms with van der Waals surface area (Å²) in [6.07, 6.45) is 1.70. The van der Waals surface area contributed by atoms with Crippen molar-refractivity contribution in [2.75, 3.05) is 6.61 Å². The number of aliphatic hydroxyl groups excluding tert-OH is 1. The second-order valence-corrected chi connectivity index (χ2v) is 4.51. The number of carboxylic acids is 1. The van der Waals surface area contributed by atoms with Crippen molar-refractivity contribution in [1.29, 1.82) is 0 Å². The second-order valence-electron chi connectivity index (χ2n) is 4.51. The van der Waals surface area contributed by atoms with Gasteiger partial charge in [0.15, 0.2) is 0 Å². The summed E-state index contributed by atoms with van der Waals surface area (Å²) in [4.78, 5) is 21.9. The summed E-state index contributed by atoms with van der Waals surface area (Å²) >= 11 is 0. The van der Waals surface area contributed by atoms with E-state index >= 15 is 0 Å². The number of hydrogen-bond donors (Lipinski definition) is 2. The number of carboxylic acid groups (broad SMARTS) is 1. The highest BCUT2D eigenvalue weighted by molar-refractivity contribution is 5.69. The molecule has 3 unspecified atom stereocenters. The topological polar surface area (TPSA) is 83.8 Å². The third-order valence-electron chi connectivity index (χ3n) is 3.36. The van der Waals surface area contributed by atoms with Gasteiger partial charge in [-0.25, -0.2) is 0 Å². The van der Waals surface area contributed by atoms with Gasteiger partial charge in [0.25, 0.3) is 0 Å². The average molecular weight is 244 g/mol. The minimum absolute atomic E-state index is 0.0427. The molecule has 2 N–H and O–H groups in total. The second kappa shape index (κ2) is 6.59. The summed E-state index contributed by atoms with van der Waals surface area (Å²) in [5.41, 5.74) is 0. The Labute approximate surface area is 101 Å². The zero-order valence-corrected chi connectivity index (χ0v) is 10.1. The molecule has 5 heteroatoms. The normalized spacial score (nSPS) is 28.0. The summed E-state index contributed by atoms with van der Waals surface area (Å²) in [6, 6.07) is 0. The van der Waals surface area contributed by atoms with Gasteiger partial charge in [0.05, 0.1) is 12.7 Å². The molecule has 0 heterocycles. The third kappa shape index (κ3) is 4.34. The molecule has 0 amide bonds. The number of aliphatic carboxylic acids is 1. The molecule has 1 fully saturated rings. The smallest absolute Gasteiger partial charge is 0.306 e. The first-order valence-corrected chi connectivity index (χ1v) is 6.10. The molecule has 0 saturated heterocycles. The van der Waals surface area contributed by atoms with E-state index in [9.17, 15) is 14.7 Å². The number of ether oxygens (including phenoxy) is 1. The quantitative estimate of drug-likeness (QED) is 0.686. The van der Waals surface area contributed by atoms with Crippen LogP contribution in [0.5, 0.6) is 0 Å². The standard InChI is InChI=1S/C12H20O5/c1-2-17-12(16)7-8-3-5-10(13)9(8)4-6-11(14)15/h8-10,13H,2-7H2,1H3,(H,14,15). The number of aliphatic hydroxyl groups is 1. The lowest BCUT2D eigenvalue weighted by Crippen LogP contribution is -2.22. The number of carbonyl (C=O) groups excluding carboxylic acids is 1. The van der Waals surface area contributed by atoms with Crippen LogP contribution in [0.15, 0.2) is 0 Å². The van der Waals surface area contributed by atoms with E-state index in [2.05, 4.69) is 0 Å². The van der Waals surface area contributed by atoms with Crippen molar-refractivity contribution in [3.05, 3.63) is 0 Å². The average Bonchev–Trinajstić information content (AvgIpc) is 2.57. The molecular weight excluding hydrogens is 224 g/mol. The van der Waals surface area contributed by atoms with Crippen molar-refractivity contribution in [2.45, 2.75) is 45.1 Å². The number of hydrogen-bond acceptors (Lipinski definition) is 4. The van der Waals surface area contributed by atoms with Crippen LogP contribution in [-0.4, -0.2) is 34.9 Å². The molecular formula is C12H20O5. The van der Waals surface area contributed by atoms with Crippen LogP contribution in [0.1, 0.15) is 39.0 Å². The Morgan fingerprint density at radius 2 is 2.06 bits per heavy atom. The molecule has 0 aromatic rings. The highest BCUT2D eigenvalue weighted by atomic mass is 16.5. The van der Waals surface area contributed by atoms with Gasteiger partial charge in [-0.1, -0.05) is 0 Å². The minimum Gasteiger partial charge on any atom is -0.481 e. The Morgan fingerprint density at radius 1 is 1.35 bits per heavy atom. The predicted molar refractivity (Wildman–Crippen MR) is 60.3 cm³/mol. The summed E-state index contributed by atoms with van der Waals surface area (Å²) in [5.74, 6) is -1.15. The van der Waals surface area contributed by atoms with Gasteiger partial charge in [-0.2, -0.15) is 0 Å². The molecule has 98 valence electrons. The Morgan fingerprint density at radius 3 is 2.65 bits per heavy atom. The van der Waals surface area contributed by atoms with Crippen molar-refractivity contribution in [3.8, 4) is 0 Å². The molecule has 0 bridgehead atoms. The van der Waals surface area contributed by atoms with Crippen LogP contribution in [-0.2, 0) is 14.3 Å². The highest BCUT2D eigenvalue weighted by Gasteiger charge is 2.36. The van der Waals surface area contributed by atoms with Crippen LogP contribution < -0.4 is 0 Å². The van der Waals surface area contributed by atoms with E-state index in [1.807, 2.05) is 0 Å². The van der Waals surface area contributed by atoms with E-state index in [1.165, 1.54) is 0 Å². The van der Waals surface area contributed by atoms with Gasteiger partial charge in [0.1, 0.15) is 0 Å². The molecule has 5 nitrogen and oxygen atoms in total. The number of esters is 1. The highest BCUT2D eigenvalue weighted by Crippen LogP contribution is 2.37. The molecule has 0 aromatic heterocycles. The molecule has 1 aliphatic carbocycles. The van der Waals surface area contributed by atoms with Gasteiger partial charge in [-0.3, -0.25) is 9.59 Å². The summed E-state index contributed by atoms with van der Waals surface area (Å²) in [7, 11) is 0. The lowest BCUT2D eigenvalue weighted by molar-refractivity contribution is -0.144. The fraction of sp³-hybridized carbons (Fsp3) is 0.833. The Balaban J connectivity index is 2.46. The van der Waals surface area contributed by atoms with E-state index in [1.54, 1.807) is 6.92 Å². The Hall–Kier alpha value is -1.10. The van der Waals surface area contributed by atoms with E-state index < -0.39 is 12.1 Å². The SMILES string of the molecule is CCOC(=O)CC1CCC(O)C1CCC(=O)O. The Bertz CT molecular complexity index is 276. The largest absolute Gasteiger partial charge is 0.481 e. The lowest BCUT2D eigenvalue weighted by Gasteiger charge is -2.20. The van der Waals surface area contributed by atoms with Gasteiger partial charge >= 0.3 is 11.9 Å². The van der Waals surface area contributed by atoms with Crippen LogP contribution in [0.4, 0.5) is 0 Å². The van der Waals surface area contributed by atoms with Crippen LogP contribution in [0, 0.1) is 11.8 Å². The zero-order valence-electron chi connectivity index (χ0n) is 10.1. The molecule has 0 radical (unpaired) electrons. The van der Waals surface area contributed by atoms with E-state index in [0.29, 0.717) is 19.4 Å². The fourth-order valence-corrected chi connectivity index (χ4v) is 2.53. The first-order valence-electron chi connectivity index (χ1n) is 6.10. The minimum atomic E-state index is -0.862. The summed E-state index contributed by atoms with van der Waals surface area (Å²) < 4.78 is 4.88. The van der Waals surface area contributed by atoms with Gasteiger partial charge in [0, 0.05) is 12.8 Å². The molecule has 0 aromatic carbocycles. The van der Waals surface area contributed by atoms with Gasteiger partial charge in [-0.15, -0.1) is 0 Å². The van der Waals surface area contributed by atoms with Crippen molar-refractivity contribution in [1.82, 2.24) is 0 Å². The molecule has 17 heavy (non-hydrogen) atoms. The van der Waals surface area contributed by atoms with E-state index in [4.69, 9.17) is 9.84 Å². The van der Waals surface area contributed by atoms with E-state index in [-0.39, 0.29) is 30.6 Å². The molecule has 1 rings (SSSR count). The van der Waals surface area contributed by atoms with Crippen LogP contribution >= 0.6 is 0 Å². The molecule has 1 aliphatic rings. The van der Waals surface area contributed by atoms with Crippen LogP contribution in [0.3, 0.4) is 0 Å². The first kappa shape index (κ1) is 14.0. The third-order valence-corrected chi connectivity index (χ3v) is 3.36. The molecule has 3 atom stereocenters. The number of rotatable bonds is 6. The zero-order chi connectivity index (χ0) is 12.8. The van der Waals surface area contributed by atoms with E-state index in [0.717, 1.165) is 6.42 Å². The number of carbonyl (C=O) groups is 2. The van der Waals surface area contributed by atoms with Crippen molar-refractivity contribution >= 4 is 11.9 Å².